The molecule has 0 aliphatic heterocycles. The van der Waals surface area contributed by atoms with Crippen LogP contribution < -0.4 is 0 Å². The normalized spacial score (nSPS) is 10.4. The Kier molecular flexibility index (Phi) is 4.27. The molecule has 2 rings (SSSR count). The first kappa shape index (κ1) is 13.7. The summed E-state index contributed by atoms with van der Waals surface area (Å²) >= 11 is 3.26. The van der Waals surface area contributed by atoms with Gasteiger partial charge in [0.2, 0.25) is 4.73 Å². The second kappa shape index (κ2) is 5.93. The SMILES string of the molecule is C=CCCn1nc(Br)nc1C(=C)c1ccc(F)cc1. The van der Waals surface area contributed by atoms with Crippen LogP contribution >= 0.6 is 15.9 Å². The highest BCUT2D eigenvalue weighted by Crippen LogP contribution is 2.22. The summed E-state index contributed by atoms with van der Waals surface area (Å²) in [6.07, 6.45) is 2.61. The van der Waals surface area contributed by atoms with Crippen molar-refractivity contribution in [3.05, 3.63) is 65.4 Å². The third-order valence-electron chi connectivity index (χ3n) is 2.65. The van der Waals surface area contributed by atoms with Gasteiger partial charge in [0.05, 0.1) is 0 Å². The van der Waals surface area contributed by atoms with Crippen LogP contribution in [0.5, 0.6) is 0 Å². The van der Waals surface area contributed by atoms with Gasteiger partial charge in [-0.3, -0.25) is 0 Å². The van der Waals surface area contributed by atoms with Crippen LogP contribution in [0.4, 0.5) is 4.39 Å². The highest BCUT2D eigenvalue weighted by molar-refractivity contribution is 9.10. The summed E-state index contributed by atoms with van der Waals surface area (Å²) in [7, 11) is 0. The molecule has 0 saturated carbocycles. The van der Waals surface area contributed by atoms with Crippen LogP contribution in [0.2, 0.25) is 0 Å². The molecule has 0 atom stereocenters. The van der Waals surface area contributed by atoms with Crippen molar-refractivity contribution in [2.45, 2.75) is 13.0 Å². The number of nitrogens with zero attached hydrogens (tertiary/aromatic N) is 3. The summed E-state index contributed by atoms with van der Waals surface area (Å²) in [6, 6.07) is 6.16. The van der Waals surface area contributed by atoms with Gasteiger partial charge in [0.15, 0.2) is 5.82 Å². The predicted octanol–water partition coefficient (Wildman–Crippen LogP) is 3.82. The molecule has 1 heterocycles. The number of aryl methyl sites for hydroxylation is 1. The molecule has 19 heavy (non-hydrogen) atoms. The lowest BCUT2D eigenvalue weighted by Crippen LogP contribution is -2.05. The predicted molar refractivity (Wildman–Crippen MR) is 77.1 cm³/mol. The highest BCUT2D eigenvalue weighted by Gasteiger charge is 2.12. The van der Waals surface area contributed by atoms with Gasteiger partial charge in [0.25, 0.3) is 0 Å². The van der Waals surface area contributed by atoms with Crippen molar-refractivity contribution in [3.8, 4) is 0 Å². The minimum absolute atomic E-state index is 0.272. The van der Waals surface area contributed by atoms with E-state index in [0.717, 1.165) is 12.0 Å². The number of rotatable bonds is 5. The molecule has 0 spiro atoms. The molecule has 0 radical (unpaired) electrons. The van der Waals surface area contributed by atoms with E-state index in [1.165, 1.54) is 12.1 Å². The molecule has 98 valence electrons. The van der Waals surface area contributed by atoms with Crippen molar-refractivity contribution < 1.29 is 4.39 Å². The van der Waals surface area contributed by atoms with E-state index in [1.807, 2.05) is 6.08 Å². The van der Waals surface area contributed by atoms with E-state index in [4.69, 9.17) is 0 Å². The van der Waals surface area contributed by atoms with Crippen LogP contribution in [-0.4, -0.2) is 14.8 Å². The van der Waals surface area contributed by atoms with Crippen LogP contribution in [0.3, 0.4) is 0 Å². The van der Waals surface area contributed by atoms with E-state index in [1.54, 1.807) is 16.8 Å². The molecule has 5 heteroatoms. The van der Waals surface area contributed by atoms with Gasteiger partial charge in [-0.1, -0.05) is 24.8 Å². The van der Waals surface area contributed by atoms with E-state index >= 15 is 0 Å². The topological polar surface area (TPSA) is 30.7 Å². The smallest absolute Gasteiger partial charge is 0.217 e. The van der Waals surface area contributed by atoms with Crippen molar-refractivity contribution in [1.82, 2.24) is 14.8 Å². The van der Waals surface area contributed by atoms with Gasteiger partial charge in [-0.15, -0.1) is 11.7 Å². The maximum Gasteiger partial charge on any atom is 0.217 e. The van der Waals surface area contributed by atoms with E-state index < -0.39 is 0 Å². The molecule has 0 bridgehead atoms. The van der Waals surface area contributed by atoms with Gasteiger partial charge in [-0.2, -0.15) is 0 Å². The molecule has 0 unspecified atom stereocenters. The van der Waals surface area contributed by atoms with Gasteiger partial charge in [-0.25, -0.2) is 14.1 Å². The summed E-state index contributed by atoms with van der Waals surface area (Å²) in [6.45, 7) is 8.38. The number of benzene rings is 1. The molecule has 0 amide bonds. The van der Waals surface area contributed by atoms with Crippen molar-refractivity contribution in [1.29, 1.82) is 0 Å². The number of halogens is 2. The zero-order valence-corrected chi connectivity index (χ0v) is 11.9. The van der Waals surface area contributed by atoms with Crippen LogP contribution in [0.1, 0.15) is 17.8 Å². The van der Waals surface area contributed by atoms with Gasteiger partial charge < -0.3 is 0 Å². The van der Waals surface area contributed by atoms with Crippen molar-refractivity contribution in [2.24, 2.45) is 0 Å². The fourth-order valence-electron chi connectivity index (χ4n) is 1.69. The fourth-order valence-corrected chi connectivity index (χ4v) is 2.05. The summed E-state index contributed by atoms with van der Waals surface area (Å²) < 4.78 is 15.2. The van der Waals surface area contributed by atoms with Gasteiger partial charge in [-0.05, 0) is 40.0 Å². The number of hydrogen-bond donors (Lipinski definition) is 0. The Morgan fingerprint density at radius 1 is 1.37 bits per heavy atom. The standard InChI is InChI=1S/C14H13BrFN3/c1-3-4-9-19-13(17-14(15)18-19)10(2)11-5-7-12(16)8-6-11/h3,5-8H,1-2,4,9H2. The number of aromatic nitrogens is 3. The third-order valence-corrected chi connectivity index (χ3v) is 2.99. The summed E-state index contributed by atoms with van der Waals surface area (Å²) in [4.78, 5) is 4.30. The first-order valence-corrected chi connectivity index (χ1v) is 6.57. The maximum absolute atomic E-state index is 12.9. The summed E-state index contributed by atoms with van der Waals surface area (Å²) in [5.41, 5.74) is 1.53. The molecule has 0 fully saturated rings. The first-order valence-electron chi connectivity index (χ1n) is 5.78. The Bertz CT molecular complexity index is 602. The second-order valence-corrected chi connectivity index (χ2v) is 4.70. The van der Waals surface area contributed by atoms with E-state index in [9.17, 15) is 4.39 Å². The van der Waals surface area contributed by atoms with E-state index in [0.29, 0.717) is 22.7 Å². The highest BCUT2D eigenvalue weighted by atomic mass is 79.9. The third kappa shape index (κ3) is 3.17. The maximum atomic E-state index is 12.9. The number of allylic oxidation sites excluding steroid dienone is 1. The first-order chi connectivity index (χ1) is 9.11. The summed E-state index contributed by atoms with van der Waals surface area (Å²) in [5.74, 6) is 0.395. The number of hydrogen-bond acceptors (Lipinski definition) is 2. The zero-order valence-electron chi connectivity index (χ0n) is 10.3. The largest absolute Gasteiger partial charge is 0.244 e. The molecule has 0 aliphatic rings. The average molecular weight is 322 g/mol. The second-order valence-electron chi connectivity index (χ2n) is 3.99. The molecular formula is C14H13BrFN3. The fraction of sp³-hybridized carbons (Fsp3) is 0.143. The lowest BCUT2D eigenvalue weighted by molar-refractivity contribution is 0.612. The van der Waals surface area contributed by atoms with Crippen molar-refractivity contribution >= 4 is 21.5 Å². The summed E-state index contributed by atoms with van der Waals surface area (Å²) in [5, 5.41) is 4.25. The lowest BCUT2D eigenvalue weighted by atomic mass is 10.1. The molecule has 0 aliphatic carbocycles. The van der Waals surface area contributed by atoms with Gasteiger partial charge >= 0.3 is 0 Å². The Balaban J connectivity index is 2.32. The molecule has 0 saturated heterocycles. The minimum Gasteiger partial charge on any atom is -0.244 e. The van der Waals surface area contributed by atoms with E-state index in [2.05, 4.69) is 39.2 Å². The Labute approximate surface area is 119 Å². The molecule has 1 aromatic heterocycles. The zero-order chi connectivity index (χ0) is 13.8. The van der Waals surface area contributed by atoms with Crippen LogP contribution in [0.25, 0.3) is 5.57 Å². The lowest BCUT2D eigenvalue weighted by Gasteiger charge is -2.07. The van der Waals surface area contributed by atoms with Crippen LogP contribution in [0.15, 0.2) is 48.2 Å². The van der Waals surface area contributed by atoms with Crippen molar-refractivity contribution in [2.75, 3.05) is 0 Å². The molecule has 0 N–H and O–H groups in total. The molecule has 1 aromatic carbocycles. The molecule has 2 aromatic rings. The minimum atomic E-state index is -0.272. The van der Waals surface area contributed by atoms with E-state index in [-0.39, 0.29) is 5.82 Å². The Hall–Kier alpha value is -1.75. The Morgan fingerprint density at radius 2 is 2.05 bits per heavy atom. The molecular weight excluding hydrogens is 309 g/mol. The van der Waals surface area contributed by atoms with Gasteiger partial charge in [0, 0.05) is 12.1 Å². The quantitative estimate of drug-likeness (QED) is 0.784. The van der Waals surface area contributed by atoms with Crippen LogP contribution in [0, 0.1) is 5.82 Å². The van der Waals surface area contributed by atoms with Crippen LogP contribution in [-0.2, 0) is 6.54 Å². The van der Waals surface area contributed by atoms with Gasteiger partial charge in [0.1, 0.15) is 5.82 Å². The van der Waals surface area contributed by atoms with Crippen molar-refractivity contribution in [3.63, 3.8) is 0 Å². The molecule has 3 nitrogen and oxygen atoms in total. The Morgan fingerprint density at radius 3 is 2.68 bits per heavy atom. The monoisotopic (exact) mass is 321 g/mol. The average Bonchev–Trinajstić information content (AvgIpc) is 2.77.